The first-order valence-electron chi connectivity index (χ1n) is 10.2. The highest BCUT2D eigenvalue weighted by molar-refractivity contribution is 7.90. The Morgan fingerprint density at radius 1 is 1.21 bits per heavy atom. The fourth-order valence-corrected chi connectivity index (χ4v) is 5.12. The maximum atomic E-state index is 14.0. The van der Waals surface area contributed by atoms with Crippen molar-refractivity contribution in [3.8, 4) is 5.75 Å². The van der Waals surface area contributed by atoms with Gasteiger partial charge in [0.2, 0.25) is 0 Å². The second-order valence-corrected chi connectivity index (χ2v) is 9.70. The molecular weight excluding hydrogens is 453 g/mol. The average molecular weight is 471 g/mol. The number of nitrogens with zero attached hydrogens (tertiary/aromatic N) is 2. The van der Waals surface area contributed by atoms with Crippen LogP contribution in [0.15, 0.2) is 50.5 Å². The summed E-state index contributed by atoms with van der Waals surface area (Å²) < 4.78 is 44.6. The van der Waals surface area contributed by atoms with E-state index in [1.165, 1.54) is 28.8 Å². The molecule has 0 amide bonds. The number of aryl methyl sites for hydroxylation is 1. The van der Waals surface area contributed by atoms with Gasteiger partial charge in [-0.1, -0.05) is 12.8 Å². The minimum absolute atomic E-state index is 0.00710. The van der Waals surface area contributed by atoms with Gasteiger partial charge in [0.25, 0.3) is 15.6 Å². The molecular formula is C22H18FN3O6S. The number of sulfonamides is 1. The lowest BCUT2D eigenvalue weighted by molar-refractivity contribution is 0.0696. The van der Waals surface area contributed by atoms with Gasteiger partial charge in [0.15, 0.2) is 5.84 Å². The van der Waals surface area contributed by atoms with Gasteiger partial charge >= 0.3 is 5.97 Å². The van der Waals surface area contributed by atoms with Crippen LogP contribution in [-0.2, 0) is 16.6 Å². The summed E-state index contributed by atoms with van der Waals surface area (Å²) in [6.45, 7) is 0.317. The highest BCUT2D eigenvalue weighted by Crippen LogP contribution is 2.35. The molecule has 2 aromatic carbocycles. The number of benzene rings is 2. The Balaban J connectivity index is 1.71. The van der Waals surface area contributed by atoms with Crippen LogP contribution in [0.25, 0.3) is 10.9 Å². The van der Waals surface area contributed by atoms with Gasteiger partial charge < -0.3 is 20.1 Å². The van der Waals surface area contributed by atoms with Gasteiger partial charge in [-0.3, -0.25) is 4.79 Å². The number of carboxylic acids is 1. The predicted octanol–water partition coefficient (Wildman–Crippen LogP) is 2.91. The van der Waals surface area contributed by atoms with E-state index in [1.54, 1.807) is 0 Å². The van der Waals surface area contributed by atoms with Crippen LogP contribution in [0.1, 0.15) is 35.2 Å². The number of hydrogen-bond acceptors (Lipinski definition) is 6. The second kappa shape index (κ2) is 7.41. The number of rotatable bonds is 5. The van der Waals surface area contributed by atoms with Gasteiger partial charge in [0.05, 0.1) is 16.8 Å². The number of halogens is 1. The molecule has 1 aromatic heterocycles. The van der Waals surface area contributed by atoms with Crippen molar-refractivity contribution < 1.29 is 27.8 Å². The number of aromatic nitrogens is 1. The van der Waals surface area contributed by atoms with Gasteiger partial charge in [0.1, 0.15) is 22.0 Å². The molecule has 2 heterocycles. The zero-order valence-electron chi connectivity index (χ0n) is 17.1. The van der Waals surface area contributed by atoms with Crippen LogP contribution in [0.2, 0.25) is 0 Å². The molecule has 1 fully saturated rings. The standard InChI is InChI=1S/C22H18FN3O6S/c23-13-4-6-16-14(10-13)19(27)18(21(28)26(16)8-7-11-1-2-11)20-24-15-5-3-12(22(29)30)9-17(15)33(31,32)25-20/h3-6,9-11,27H,1-2,7-8H2,(H,24,25)(H,29,30). The molecule has 0 radical (unpaired) electrons. The van der Waals surface area contributed by atoms with Crippen LogP contribution in [-0.4, -0.2) is 35.0 Å². The topological polar surface area (TPSA) is 138 Å². The van der Waals surface area contributed by atoms with Gasteiger partial charge in [-0.2, -0.15) is 8.42 Å². The number of nitrogens with one attached hydrogen (secondary N) is 1. The summed E-state index contributed by atoms with van der Waals surface area (Å²) in [6, 6.07) is 7.07. The molecule has 1 aliphatic heterocycles. The first-order chi connectivity index (χ1) is 15.7. The molecule has 11 heteroatoms. The van der Waals surface area contributed by atoms with Crippen LogP contribution >= 0.6 is 0 Å². The number of fused-ring (bicyclic) bond motifs is 2. The van der Waals surface area contributed by atoms with Gasteiger partial charge in [-0.15, -0.1) is 4.40 Å². The van der Waals surface area contributed by atoms with Gasteiger partial charge in [-0.25, -0.2) is 9.18 Å². The molecule has 1 aliphatic carbocycles. The number of hydrogen-bond donors (Lipinski definition) is 3. The van der Waals surface area contributed by atoms with Crippen molar-refractivity contribution in [3.63, 3.8) is 0 Å². The molecule has 0 bridgehead atoms. The second-order valence-electron chi connectivity index (χ2n) is 8.13. The van der Waals surface area contributed by atoms with Crippen molar-refractivity contribution in [1.29, 1.82) is 0 Å². The predicted molar refractivity (Wildman–Crippen MR) is 118 cm³/mol. The van der Waals surface area contributed by atoms with E-state index in [0.717, 1.165) is 31.4 Å². The molecule has 3 N–H and O–H groups in total. The van der Waals surface area contributed by atoms with Crippen molar-refractivity contribution in [2.45, 2.75) is 30.7 Å². The van der Waals surface area contributed by atoms with Gasteiger partial charge in [-0.05, 0) is 48.7 Å². The summed E-state index contributed by atoms with van der Waals surface area (Å²) in [7, 11) is -4.39. The highest BCUT2D eigenvalue weighted by atomic mass is 32.2. The molecule has 0 unspecified atom stereocenters. The third-order valence-corrected chi connectivity index (χ3v) is 7.18. The number of anilines is 1. The fraction of sp³-hybridized carbons (Fsp3) is 0.227. The number of carboxylic acid groups (broad SMARTS) is 1. The summed E-state index contributed by atoms with van der Waals surface area (Å²) >= 11 is 0. The molecule has 2 aliphatic rings. The number of aromatic carboxylic acids is 1. The van der Waals surface area contributed by atoms with Crippen LogP contribution in [0, 0.1) is 11.7 Å². The lowest BCUT2D eigenvalue weighted by atomic mass is 10.1. The largest absolute Gasteiger partial charge is 0.506 e. The van der Waals surface area contributed by atoms with E-state index in [1.807, 2.05) is 0 Å². The van der Waals surface area contributed by atoms with Crippen molar-refractivity contribution in [1.82, 2.24) is 4.57 Å². The quantitative estimate of drug-likeness (QED) is 0.520. The number of pyridine rings is 1. The molecule has 170 valence electrons. The molecule has 1 saturated carbocycles. The van der Waals surface area contributed by atoms with E-state index >= 15 is 0 Å². The Hall–Kier alpha value is -3.73. The van der Waals surface area contributed by atoms with Crippen molar-refractivity contribution in [2.75, 3.05) is 5.32 Å². The van der Waals surface area contributed by atoms with Crippen LogP contribution in [0.3, 0.4) is 0 Å². The average Bonchev–Trinajstić information content (AvgIpc) is 3.58. The van der Waals surface area contributed by atoms with E-state index in [4.69, 9.17) is 5.11 Å². The Morgan fingerprint density at radius 2 is 1.97 bits per heavy atom. The number of carbonyl (C=O) groups is 1. The Morgan fingerprint density at radius 3 is 2.67 bits per heavy atom. The lowest BCUT2D eigenvalue weighted by Gasteiger charge is -2.21. The van der Waals surface area contributed by atoms with Crippen LogP contribution < -0.4 is 10.9 Å². The highest BCUT2D eigenvalue weighted by Gasteiger charge is 2.31. The molecule has 0 saturated heterocycles. The molecule has 9 nitrogen and oxygen atoms in total. The number of aromatic hydroxyl groups is 1. The Kier molecular flexibility index (Phi) is 4.74. The van der Waals surface area contributed by atoms with E-state index in [9.17, 15) is 27.5 Å². The maximum Gasteiger partial charge on any atom is 0.335 e. The molecule has 0 spiro atoms. The fourth-order valence-electron chi connectivity index (χ4n) is 3.97. The minimum atomic E-state index is -4.39. The lowest BCUT2D eigenvalue weighted by Crippen LogP contribution is -2.33. The Labute approximate surface area is 186 Å². The molecule has 33 heavy (non-hydrogen) atoms. The molecule has 5 rings (SSSR count). The summed E-state index contributed by atoms with van der Waals surface area (Å²) in [5.41, 5.74) is -0.981. The first kappa shape index (κ1) is 21.1. The summed E-state index contributed by atoms with van der Waals surface area (Å²) in [5, 5.41) is 22.8. The van der Waals surface area contributed by atoms with E-state index in [-0.39, 0.29) is 21.5 Å². The van der Waals surface area contributed by atoms with Crippen molar-refractivity contribution in [2.24, 2.45) is 10.3 Å². The third kappa shape index (κ3) is 3.63. The zero-order valence-corrected chi connectivity index (χ0v) is 17.9. The normalized spacial score (nSPS) is 16.7. The monoisotopic (exact) mass is 471 g/mol. The van der Waals surface area contributed by atoms with Crippen molar-refractivity contribution >= 4 is 38.4 Å². The smallest absolute Gasteiger partial charge is 0.335 e. The molecule has 3 aromatic rings. The third-order valence-electron chi connectivity index (χ3n) is 5.87. The first-order valence-corrected chi connectivity index (χ1v) is 11.6. The van der Waals surface area contributed by atoms with E-state index < -0.39 is 44.5 Å². The van der Waals surface area contributed by atoms with E-state index in [0.29, 0.717) is 18.0 Å². The molecule has 0 atom stereocenters. The summed E-state index contributed by atoms with van der Waals surface area (Å²) in [6.07, 6.45) is 2.84. The maximum absolute atomic E-state index is 14.0. The van der Waals surface area contributed by atoms with Crippen LogP contribution in [0.4, 0.5) is 10.1 Å². The van der Waals surface area contributed by atoms with Crippen molar-refractivity contribution in [3.05, 3.63) is 63.7 Å². The Bertz CT molecular complexity index is 1540. The summed E-state index contributed by atoms with van der Waals surface area (Å²) in [4.78, 5) is 24.3. The van der Waals surface area contributed by atoms with Gasteiger partial charge in [0, 0.05) is 11.9 Å². The van der Waals surface area contributed by atoms with Crippen LogP contribution in [0.5, 0.6) is 5.75 Å². The minimum Gasteiger partial charge on any atom is -0.506 e. The SMILES string of the molecule is O=C(O)c1ccc2c(c1)S(=O)(=O)N=C(c1c(O)c3cc(F)ccc3n(CCC3CC3)c1=O)N2. The summed E-state index contributed by atoms with van der Waals surface area (Å²) in [5.74, 6) is -2.46. The number of amidine groups is 1. The zero-order chi connectivity index (χ0) is 23.5. The van der Waals surface area contributed by atoms with E-state index in [2.05, 4.69) is 9.71 Å².